The molecule has 0 amide bonds. The highest BCUT2D eigenvalue weighted by atomic mass is 16.5. The van der Waals surface area contributed by atoms with Gasteiger partial charge in [-0.25, -0.2) is 59.8 Å². The lowest BCUT2D eigenvalue weighted by Crippen LogP contribution is -2.34. The van der Waals surface area contributed by atoms with Gasteiger partial charge < -0.3 is 4.74 Å². The van der Waals surface area contributed by atoms with Crippen LogP contribution in [0.5, 0.6) is 11.5 Å². The predicted molar refractivity (Wildman–Crippen MR) is 282 cm³/mol. The molecule has 13 nitrogen and oxygen atoms in total. The minimum absolute atomic E-state index is 0.453. The molecule has 0 saturated heterocycles. The highest BCUT2D eigenvalue weighted by molar-refractivity contribution is 5.79. The molecule has 5 heterocycles. The van der Waals surface area contributed by atoms with Gasteiger partial charge in [-0.2, -0.15) is 0 Å². The number of aromatic nitrogens is 12. The predicted octanol–water partition coefficient (Wildman–Crippen LogP) is 12.3. The van der Waals surface area contributed by atoms with Gasteiger partial charge >= 0.3 is 0 Å². The summed E-state index contributed by atoms with van der Waals surface area (Å²) < 4.78 is 6.86. The summed E-state index contributed by atoms with van der Waals surface area (Å²) in [4.78, 5) is 58.3. The third-order valence-electron chi connectivity index (χ3n) is 13.0. The molecule has 0 unspecified atom stereocenters. The molecule has 0 aliphatic carbocycles. The maximum absolute atomic E-state index is 6.86. The van der Waals surface area contributed by atoms with E-state index in [4.69, 9.17) is 44.6 Å². The summed E-state index contributed by atoms with van der Waals surface area (Å²) in [5, 5.41) is 0. The molecule has 13 heteroatoms. The number of nitrogens with zero attached hydrogens (tertiary/aromatic N) is 12. The average molecular weight is 955 g/mol. The second-order valence-electron chi connectivity index (χ2n) is 17.4. The zero-order valence-corrected chi connectivity index (χ0v) is 39.2. The number of ether oxygens (including phenoxy) is 1. The van der Waals surface area contributed by atoms with E-state index >= 15 is 0 Å². The van der Waals surface area contributed by atoms with Crippen molar-refractivity contribution in [2.45, 2.75) is 5.41 Å². The SMILES string of the molecule is c1ccc(-c2ncnc(-c3cc(-c4ncnc(-c5ccccc5)n4)cc(C4(c5cc(-c6ncnc(-c7ccccc7)n6)cc(-c6ncnc(-c7ccccc7)n6)c5)c5ccccc5Oc5ccccc54)c3)n2)cc1. The first-order chi connectivity index (χ1) is 36.6. The topological polar surface area (TPSA) is 164 Å². The van der Waals surface area contributed by atoms with Crippen molar-refractivity contribution in [2.24, 2.45) is 0 Å². The lowest BCUT2D eigenvalue weighted by atomic mass is 9.63. The van der Waals surface area contributed by atoms with Gasteiger partial charge in [-0.05, 0) is 59.7 Å². The maximum atomic E-state index is 6.86. The minimum atomic E-state index is -1.16. The van der Waals surface area contributed by atoms with E-state index in [-0.39, 0.29) is 0 Å². The molecule has 74 heavy (non-hydrogen) atoms. The molecule has 1 aliphatic rings. The van der Waals surface area contributed by atoms with Crippen molar-refractivity contribution in [1.82, 2.24) is 59.8 Å². The van der Waals surface area contributed by atoms with Crippen molar-refractivity contribution < 1.29 is 4.74 Å². The first-order valence-electron chi connectivity index (χ1n) is 23.8. The van der Waals surface area contributed by atoms with Crippen LogP contribution in [0.15, 0.2) is 232 Å². The van der Waals surface area contributed by atoms with Gasteiger partial charge in [0.2, 0.25) is 0 Å². The Balaban J connectivity index is 1.13. The largest absolute Gasteiger partial charge is 0.457 e. The van der Waals surface area contributed by atoms with Crippen LogP contribution in [0.2, 0.25) is 0 Å². The second kappa shape index (κ2) is 18.7. The minimum Gasteiger partial charge on any atom is -0.457 e. The van der Waals surface area contributed by atoms with E-state index in [0.29, 0.717) is 80.3 Å². The molecule has 0 radical (unpaired) electrons. The van der Waals surface area contributed by atoms with Crippen LogP contribution in [0, 0.1) is 0 Å². The fourth-order valence-corrected chi connectivity index (χ4v) is 9.63. The van der Waals surface area contributed by atoms with E-state index in [0.717, 1.165) is 44.5 Å². The van der Waals surface area contributed by atoms with Gasteiger partial charge in [-0.15, -0.1) is 0 Å². The number of hydrogen-bond acceptors (Lipinski definition) is 13. The molecule has 8 aromatic carbocycles. The molecule has 0 spiro atoms. The Bertz CT molecular complexity index is 3550. The molecule has 12 aromatic rings. The van der Waals surface area contributed by atoms with Crippen LogP contribution in [0.1, 0.15) is 22.3 Å². The fraction of sp³-hybridized carbons (Fsp3) is 0.0164. The lowest BCUT2D eigenvalue weighted by molar-refractivity contribution is 0.434. The number of rotatable bonds is 10. The average Bonchev–Trinajstić information content (AvgIpc) is 3.50. The van der Waals surface area contributed by atoms with E-state index < -0.39 is 5.41 Å². The summed E-state index contributed by atoms with van der Waals surface area (Å²) >= 11 is 0. The molecule has 0 bridgehead atoms. The summed E-state index contributed by atoms with van der Waals surface area (Å²) in [6.07, 6.45) is 6.20. The monoisotopic (exact) mass is 954 g/mol. The van der Waals surface area contributed by atoms with Crippen LogP contribution >= 0.6 is 0 Å². The maximum Gasteiger partial charge on any atom is 0.163 e. The van der Waals surface area contributed by atoms with Gasteiger partial charge in [-0.3, -0.25) is 0 Å². The molecule has 348 valence electrons. The van der Waals surface area contributed by atoms with E-state index in [2.05, 4.69) is 56.3 Å². The van der Waals surface area contributed by atoms with E-state index in [1.807, 2.05) is 170 Å². The summed E-state index contributed by atoms with van der Waals surface area (Å²) in [6.45, 7) is 0. The molecular weight excluding hydrogens is 917 g/mol. The van der Waals surface area contributed by atoms with Gasteiger partial charge in [-0.1, -0.05) is 158 Å². The van der Waals surface area contributed by atoms with Crippen molar-refractivity contribution in [3.05, 3.63) is 254 Å². The van der Waals surface area contributed by atoms with Crippen molar-refractivity contribution in [3.63, 3.8) is 0 Å². The van der Waals surface area contributed by atoms with Gasteiger partial charge in [0.15, 0.2) is 46.6 Å². The van der Waals surface area contributed by atoms with Crippen molar-refractivity contribution in [3.8, 4) is 103 Å². The molecule has 0 saturated carbocycles. The number of fused-ring (bicyclic) bond motifs is 2. The molecule has 1 aliphatic heterocycles. The molecule has 0 atom stereocenters. The smallest absolute Gasteiger partial charge is 0.163 e. The summed E-state index contributed by atoms with van der Waals surface area (Å²) in [5.41, 5.74) is 8.47. The van der Waals surface area contributed by atoms with Crippen molar-refractivity contribution in [1.29, 1.82) is 0 Å². The fourth-order valence-electron chi connectivity index (χ4n) is 9.63. The first-order valence-corrected chi connectivity index (χ1v) is 23.8. The Hall–Kier alpha value is -10.4. The zero-order chi connectivity index (χ0) is 49.3. The van der Waals surface area contributed by atoms with Gasteiger partial charge in [0, 0.05) is 55.6 Å². The van der Waals surface area contributed by atoms with Gasteiger partial charge in [0.1, 0.15) is 36.8 Å². The van der Waals surface area contributed by atoms with Crippen molar-refractivity contribution >= 4 is 0 Å². The summed E-state index contributed by atoms with van der Waals surface area (Å²) in [6, 6.07) is 68.4. The quantitative estimate of drug-likeness (QED) is 0.127. The van der Waals surface area contributed by atoms with E-state index in [9.17, 15) is 0 Å². The van der Waals surface area contributed by atoms with Gasteiger partial charge in [0.25, 0.3) is 0 Å². The summed E-state index contributed by atoms with van der Waals surface area (Å²) in [5.74, 6) is 5.27. The third-order valence-corrected chi connectivity index (χ3v) is 13.0. The van der Waals surface area contributed by atoms with Crippen LogP contribution < -0.4 is 4.74 Å². The molecule has 4 aromatic heterocycles. The Morgan fingerprint density at radius 3 is 0.770 bits per heavy atom. The summed E-state index contributed by atoms with van der Waals surface area (Å²) in [7, 11) is 0. The molecule has 0 fully saturated rings. The Kier molecular flexibility index (Phi) is 11.0. The number of hydrogen-bond donors (Lipinski definition) is 0. The Labute approximate surface area is 424 Å². The van der Waals surface area contributed by atoms with E-state index in [1.54, 1.807) is 25.3 Å². The second-order valence-corrected chi connectivity index (χ2v) is 17.4. The van der Waals surface area contributed by atoms with Crippen LogP contribution in [-0.4, -0.2) is 59.8 Å². The van der Waals surface area contributed by atoms with Crippen molar-refractivity contribution in [2.75, 3.05) is 0 Å². The number of benzene rings is 8. The van der Waals surface area contributed by atoms with Crippen LogP contribution in [0.4, 0.5) is 0 Å². The zero-order valence-electron chi connectivity index (χ0n) is 39.2. The normalized spacial score (nSPS) is 12.3. The number of para-hydroxylation sites is 2. The highest BCUT2D eigenvalue weighted by Crippen LogP contribution is 2.56. The molecule has 0 N–H and O–H groups in total. The molecular formula is C61H38N12O. The molecule has 13 rings (SSSR count). The lowest BCUT2D eigenvalue weighted by Gasteiger charge is -2.42. The Morgan fingerprint density at radius 1 is 0.243 bits per heavy atom. The standard InChI is InChI=1S/C61H38N12O/c1-5-17-39(18-6-1)53-62-35-66-57(70-53)43-29-44(58-67-36-63-54(71-58)40-19-7-2-8-20-40)32-47(31-43)61(49-25-13-15-27-51(49)74-52-28-16-14-26-50(52)61)48-33-45(59-68-37-64-55(72-59)41-21-9-3-10-22-41)30-46(34-48)60-69-38-65-56(73-60)42-23-11-4-12-24-42/h1-38H. The Morgan fingerprint density at radius 2 is 0.486 bits per heavy atom. The first kappa shape index (κ1) is 43.6. The van der Waals surface area contributed by atoms with Crippen LogP contribution in [0.3, 0.4) is 0 Å². The van der Waals surface area contributed by atoms with E-state index in [1.165, 1.54) is 0 Å². The van der Waals surface area contributed by atoms with Crippen LogP contribution in [0.25, 0.3) is 91.1 Å². The van der Waals surface area contributed by atoms with Crippen LogP contribution in [-0.2, 0) is 5.41 Å². The van der Waals surface area contributed by atoms with Gasteiger partial charge in [0.05, 0.1) is 5.41 Å². The highest BCUT2D eigenvalue weighted by Gasteiger charge is 2.46. The third kappa shape index (κ3) is 8.05.